The van der Waals surface area contributed by atoms with Crippen LogP contribution in [0.3, 0.4) is 0 Å². The Morgan fingerprint density at radius 1 is 1.17 bits per heavy atom. The van der Waals surface area contributed by atoms with Gasteiger partial charge >= 0.3 is 5.43 Å². The number of amides is 1. The smallest absolute Gasteiger partial charge is 0.405 e. The zero-order valence-corrected chi connectivity index (χ0v) is 16.7. The summed E-state index contributed by atoms with van der Waals surface area (Å²) in [6, 6.07) is 11.2. The number of rotatable bonds is 5. The molecule has 3 atom stereocenters. The fraction of sp³-hybridized carbons (Fsp3) is 0.300. The molecule has 0 saturated carbocycles. The Morgan fingerprint density at radius 2 is 1.87 bits per heavy atom. The lowest BCUT2D eigenvalue weighted by atomic mass is 10.00. The molecule has 1 aliphatic rings. The third kappa shape index (κ3) is 5.73. The van der Waals surface area contributed by atoms with E-state index in [0.717, 1.165) is 12.1 Å². The van der Waals surface area contributed by atoms with Crippen LogP contribution in [0.15, 0.2) is 48.5 Å². The normalized spacial score (nSPS) is 20.0. The number of piperidine rings is 1. The third-order valence-corrected chi connectivity index (χ3v) is 4.82. The highest BCUT2D eigenvalue weighted by Gasteiger charge is 2.34. The summed E-state index contributed by atoms with van der Waals surface area (Å²) in [7, 11) is 0. The Labute approximate surface area is 177 Å². The monoisotopic (exact) mass is 441 g/mol. The van der Waals surface area contributed by atoms with Gasteiger partial charge in [-0.1, -0.05) is 30.3 Å². The van der Waals surface area contributed by atoms with Gasteiger partial charge in [-0.25, -0.2) is 13.6 Å². The van der Waals surface area contributed by atoms with Gasteiger partial charge in [-0.05, 0) is 24.6 Å². The molecule has 30 heavy (non-hydrogen) atoms. The maximum absolute atomic E-state index is 13.3. The molecule has 162 valence electrons. The van der Waals surface area contributed by atoms with Gasteiger partial charge in [-0.2, -0.15) is 0 Å². The highest BCUT2D eigenvalue weighted by molar-refractivity contribution is 6.61. The van der Waals surface area contributed by atoms with E-state index >= 15 is 0 Å². The first kappa shape index (κ1) is 23.7. The zero-order valence-electron chi connectivity index (χ0n) is 15.9. The van der Waals surface area contributed by atoms with Gasteiger partial charge in [0.15, 0.2) is 17.9 Å². The summed E-state index contributed by atoms with van der Waals surface area (Å²) in [5.74, 6) is -2.79. The van der Waals surface area contributed by atoms with Gasteiger partial charge in [0.05, 0.1) is 12.1 Å². The molecule has 2 aromatic rings. The number of nitrogens with one attached hydrogen (secondary N) is 1. The first-order valence-electron chi connectivity index (χ1n) is 8.94. The average Bonchev–Trinajstić information content (AvgIpc) is 2.70. The van der Waals surface area contributed by atoms with E-state index in [-0.39, 0.29) is 18.3 Å². The second-order valence-electron chi connectivity index (χ2n) is 6.68. The van der Waals surface area contributed by atoms with Gasteiger partial charge in [0, 0.05) is 35.8 Å². The molecule has 1 fully saturated rings. The highest BCUT2D eigenvalue weighted by atomic mass is 35.5. The molecule has 2 aromatic carbocycles. The van der Waals surface area contributed by atoms with E-state index in [2.05, 4.69) is 5.32 Å². The SMILES string of the molecule is N.O=C(Cl)OC(c1ccccc1)N1CCC(NC(=O)c2ccc(F)c(F)c2)C(O)C1. The van der Waals surface area contributed by atoms with E-state index in [9.17, 15) is 23.5 Å². The number of likely N-dealkylation sites (tertiary alicyclic amines) is 1. The van der Waals surface area contributed by atoms with Crippen molar-refractivity contribution in [2.24, 2.45) is 0 Å². The summed E-state index contributed by atoms with van der Waals surface area (Å²) in [6.07, 6.45) is -1.41. The lowest BCUT2D eigenvalue weighted by Gasteiger charge is -2.39. The van der Waals surface area contributed by atoms with Gasteiger partial charge in [0.1, 0.15) is 0 Å². The maximum atomic E-state index is 13.3. The topological polar surface area (TPSA) is 114 Å². The molecule has 0 spiro atoms. The van der Waals surface area contributed by atoms with Crippen molar-refractivity contribution < 1.29 is 28.2 Å². The number of hydrogen-bond donors (Lipinski definition) is 3. The summed E-state index contributed by atoms with van der Waals surface area (Å²) < 4.78 is 31.6. The van der Waals surface area contributed by atoms with Crippen molar-refractivity contribution in [1.82, 2.24) is 16.4 Å². The number of nitrogens with zero attached hydrogens (tertiary/aromatic N) is 1. The number of halogens is 3. The number of carbonyl (C=O) groups excluding carboxylic acids is 2. The Kier molecular flexibility index (Phi) is 8.24. The van der Waals surface area contributed by atoms with Crippen molar-refractivity contribution in [2.45, 2.75) is 24.8 Å². The van der Waals surface area contributed by atoms with Crippen LogP contribution in [0.1, 0.15) is 28.6 Å². The lowest BCUT2D eigenvalue weighted by molar-refractivity contribution is -0.0562. The predicted octanol–water partition coefficient (Wildman–Crippen LogP) is 3.37. The fourth-order valence-corrected chi connectivity index (χ4v) is 3.37. The molecular formula is C20H22ClF2N3O4. The van der Waals surface area contributed by atoms with Gasteiger partial charge in [-0.3, -0.25) is 9.69 Å². The summed E-state index contributed by atoms with van der Waals surface area (Å²) in [5.41, 5.74) is -0.322. The molecule has 3 rings (SSSR count). The molecular weight excluding hydrogens is 420 g/mol. The van der Waals surface area contributed by atoms with Crippen molar-refractivity contribution in [3.8, 4) is 0 Å². The van der Waals surface area contributed by atoms with Crippen molar-refractivity contribution in [3.63, 3.8) is 0 Å². The van der Waals surface area contributed by atoms with Crippen LogP contribution in [-0.4, -0.2) is 46.6 Å². The van der Waals surface area contributed by atoms with Gasteiger partial charge < -0.3 is 21.3 Å². The standard InChI is InChI=1S/C20H19ClF2N2O4.H3N/c21-20(28)29-19(12-4-2-1-3-5-12)25-9-8-16(17(26)11-25)24-18(27)13-6-7-14(22)15(23)10-13;/h1-7,10,16-17,19,26H,8-9,11H2,(H,24,27);1H3. The third-order valence-electron chi connectivity index (χ3n) is 4.73. The van der Waals surface area contributed by atoms with Crippen molar-refractivity contribution in [1.29, 1.82) is 0 Å². The van der Waals surface area contributed by atoms with E-state index < -0.39 is 41.3 Å². The van der Waals surface area contributed by atoms with E-state index in [1.165, 1.54) is 6.07 Å². The van der Waals surface area contributed by atoms with Gasteiger partial charge in [-0.15, -0.1) is 0 Å². The van der Waals surface area contributed by atoms with Crippen molar-refractivity contribution >= 4 is 22.9 Å². The summed E-state index contributed by atoms with van der Waals surface area (Å²) in [6.45, 7) is 0.496. The molecule has 1 aliphatic heterocycles. The lowest BCUT2D eigenvalue weighted by Crippen LogP contribution is -2.55. The number of aliphatic hydroxyl groups is 1. The van der Waals surface area contributed by atoms with Crippen molar-refractivity contribution in [3.05, 3.63) is 71.3 Å². The largest absolute Gasteiger partial charge is 0.430 e. The highest BCUT2D eigenvalue weighted by Crippen LogP contribution is 2.27. The minimum absolute atomic E-state index is 0. The summed E-state index contributed by atoms with van der Waals surface area (Å²) in [4.78, 5) is 25.3. The van der Waals surface area contributed by atoms with Crippen LogP contribution in [-0.2, 0) is 4.74 Å². The molecule has 7 nitrogen and oxygen atoms in total. The van der Waals surface area contributed by atoms with Crippen LogP contribution in [0.4, 0.5) is 13.6 Å². The molecule has 0 aliphatic carbocycles. The molecule has 5 N–H and O–H groups in total. The number of aliphatic hydroxyl groups excluding tert-OH is 1. The second-order valence-corrected chi connectivity index (χ2v) is 6.99. The van der Waals surface area contributed by atoms with Gasteiger partial charge in [0.25, 0.3) is 5.91 Å². The van der Waals surface area contributed by atoms with Crippen LogP contribution < -0.4 is 11.5 Å². The molecule has 0 radical (unpaired) electrons. The van der Waals surface area contributed by atoms with Crippen LogP contribution in [0, 0.1) is 11.6 Å². The summed E-state index contributed by atoms with van der Waals surface area (Å²) >= 11 is 5.40. The minimum Gasteiger partial charge on any atom is -0.430 e. The number of hydrogen-bond acceptors (Lipinski definition) is 6. The Balaban J connectivity index is 0.00000320. The zero-order chi connectivity index (χ0) is 21.0. The number of benzene rings is 2. The number of carbonyl (C=O) groups is 2. The predicted molar refractivity (Wildman–Crippen MR) is 106 cm³/mol. The molecule has 1 amide bonds. The van der Waals surface area contributed by atoms with Crippen molar-refractivity contribution in [2.75, 3.05) is 13.1 Å². The van der Waals surface area contributed by atoms with Gasteiger partial charge in [0.2, 0.25) is 0 Å². The molecule has 0 aromatic heterocycles. The average molecular weight is 442 g/mol. The van der Waals surface area contributed by atoms with E-state index in [1.54, 1.807) is 29.2 Å². The fourth-order valence-electron chi connectivity index (χ4n) is 3.29. The molecule has 10 heteroatoms. The quantitative estimate of drug-likeness (QED) is 0.613. The molecule has 1 heterocycles. The molecule has 1 saturated heterocycles. The second kappa shape index (κ2) is 10.4. The Morgan fingerprint density at radius 3 is 2.47 bits per heavy atom. The Bertz CT molecular complexity index is 888. The first-order chi connectivity index (χ1) is 13.8. The van der Waals surface area contributed by atoms with Crippen LogP contribution in [0.25, 0.3) is 0 Å². The molecule has 3 unspecified atom stereocenters. The minimum atomic E-state index is -1.12. The maximum Gasteiger partial charge on any atom is 0.405 e. The van der Waals surface area contributed by atoms with Crippen LogP contribution in [0.2, 0.25) is 0 Å². The first-order valence-corrected chi connectivity index (χ1v) is 9.32. The van der Waals surface area contributed by atoms with Crippen LogP contribution >= 0.6 is 11.6 Å². The summed E-state index contributed by atoms with van der Waals surface area (Å²) in [5, 5.41) is 13.1. The van der Waals surface area contributed by atoms with E-state index in [1.807, 2.05) is 6.07 Å². The van der Waals surface area contributed by atoms with E-state index in [0.29, 0.717) is 18.5 Å². The van der Waals surface area contributed by atoms with E-state index in [4.69, 9.17) is 16.3 Å². The number of β-amino-alcohol motifs (C(OH)–C–C–N with tert-alkyl or cyclic N) is 1. The van der Waals surface area contributed by atoms with Crippen LogP contribution in [0.5, 0.6) is 0 Å². The molecule has 0 bridgehead atoms. The number of ether oxygens (including phenoxy) is 1. The Hall–Kier alpha value is -2.59.